The van der Waals surface area contributed by atoms with Gasteiger partial charge in [0.05, 0.1) is 5.56 Å². The van der Waals surface area contributed by atoms with Crippen LogP contribution in [0.2, 0.25) is 5.02 Å². The van der Waals surface area contributed by atoms with E-state index in [2.05, 4.69) is 20.8 Å². The maximum Gasteiger partial charge on any atom is 0.257 e. The Morgan fingerprint density at radius 3 is 2.95 bits per heavy atom. The number of hydrogen-bond acceptors (Lipinski definition) is 4. The minimum atomic E-state index is -0.229. The fraction of sp³-hybridized carbons (Fsp3) is 0.0769. The van der Waals surface area contributed by atoms with Gasteiger partial charge in [0.15, 0.2) is 5.65 Å². The summed E-state index contributed by atoms with van der Waals surface area (Å²) in [6, 6.07) is 8.65. The Bertz CT molecular complexity index is 798. The number of carbonyl (C=O) groups is 1. The number of nitrogens with zero attached hydrogens (tertiary/aromatic N) is 4. The molecule has 0 aliphatic heterocycles. The molecule has 1 aromatic carbocycles. The van der Waals surface area contributed by atoms with Crippen LogP contribution in [0.3, 0.4) is 0 Å². The van der Waals surface area contributed by atoms with Gasteiger partial charge in [-0.25, -0.2) is 0 Å². The number of pyridine rings is 1. The molecule has 0 atom stereocenters. The molecule has 0 aliphatic carbocycles. The molecule has 6 nitrogen and oxygen atoms in total. The molecule has 1 amide bonds. The van der Waals surface area contributed by atoms with E-state index in [0.717, 1.165) is 11.3 Å². The molecule has 1 N–H and O–H groups in total. The summed E-state index contributed by atoms with van der Waals surface area (Å²) in [7, 11) is 0. The van der Waals surface area contributed by atoms with E-state index in [0.29, 0.717) is 16.2 Å². The summed E-state index contributed by atoms with van der Waals surface area (Å²) in [5.41, 5.74) is 2.67. The Labute approximate surface area is 119 Å². The third kappa shape index (κ3) is 2.33. The number of benzene rings is 1. The number of fused-ring (bicyclic) bond motifs is 1. The second kappa shape index (κ2) is 4.90. The van der Waals surface area contributed by atoms with Gasteiger partial charge in [0.25, 0.3) is 5.91 Å². The summed E-state index contributed by atoms with van der Waals surface area (Å²) in [5, 5.41) is 14.5. The summed E-state index contributed by atoms with van der Waals surface area (Å²) in [5.74, 6) is -0.229. The molecular weight excluding hydrogens is 278 g/mol. The fourth-order valence-corrected chi connectivity index (χ4v) is 2.06. The second-order valence-electron chi connectivity index (χ2n) is 4.31. The molecule has 0 bridgehead atoms. The lowest BCUT2D eigenvalue weighted by Gasteiger charge is -2.08. The largest absolute Gasteiger partial charge is 0.322 e. The number of rotatable bonds is 2. The lowest BCUT2D eigenvalue weighted by Crippen LogP contribution is -2.13. The molecule has 0 unspecified atom stereocenters. The predicted molar refractivity (Wildman–Crippen MR) is 74.9 cm³/mol. The zero-order chi connectivity index (χ0) is 14.1. The lowest BCUT2D eigenvalue weighted by molar-refractivity contribution is 0.102. The minimum Gasteiger partial charge on any atom is -0.322 e. The highest BCUT2D eigenvalue weighted by Gasteiger charge is 2.09. The number of halogens is 1. The molecule has 0 saturated carbocycles. The molecule has 20 heavy (non-hydrogen) atoms. The molecule has 3 rings (SSSR count). The predicted octanol–water partition coefficient (Wildman–Crippen LogP) is 2.34. The Morgan fingerprint density at radius 2 is 2.15 bits per heavy atom. The average Bonchev–Trinajstić information content (AvgIpc) is 2.89. The summed E-state index contributed by atoms with van der Waals surface area (Å²) in [6.07, 6.45) is 1.58. The van der Waals surface area contributed by atoms with E-state index in [4.69, 9.17) is 11.6 Å². The van der Waals surface area contributed by atoms with E-state index in [-0.39, 0.29) is 5.91 Å². The number of carbonyl (C=O) groups excluding carboxylic acids is 1. The van der Waals surface area contributed by atoms with Crippen LogP contribution < -0.4 is 5.32 Å². The zero-order valence-electron chi connectivity index (χ0n) is 10.5. The van der Waals surface area contributed by atoms with E-state index < -0.39 is 0 Å². The fourth-order valence-electron chi connectivity index (χ4n) is 1.84. The van der Waals surface area contributed by atoms with Gasteiger partial charge in [-0.15, -0.1) is 5.10 Å². The second-order valence-corrected chi connectivity index (χ2v) is 4.75. The van der Waals surface area contributed by atoms with Crippen LogP contribution in [0.5, 0.6) is 0 Å². The van der Waals surface area contributed by atoms with Gasteiger partial charge in [-0.05, 0) is 53.2 Å². The Hall–Kier alpha value is -2.47. The van der Waals surface area contributed by atoms with E-state index in [9.17, 15) is 4.79 Å². The highest BCUT2D eigenvalue weighted by Crippen LogP contribution is 2.20. The van der Waals surface area contributed by atoms with Crippen molar-refractivity contribution in [3.8, 4) is 0 Å². The van der Waals surface area contributed by atoms with Crippen LogP contribution in [0, 0.1) is 6.92 Å². The van der Waals surface area contributed by atoms with E-state index in [1.54, 1.807) is 36.5 Å². The molecule has 0 aliphatic rings. The molecule has 0 spiro atoms. The van der Waals surface area contributed by atoms with Gasteiger partial charge in [0, 0.05) is 16.9 Å². The van der Waals surface area contributed by atoms with Crippen LogP contribution in [0.1, 0.15) is 15.9 Å². The summed E-state index contributed by atoms with van der Waals surface area (Å²) in [4.78, 5) is 12.2. The lowest BCUT2D eigenvalue weighted by atomic mass is 10.2. The van der Waals surface area contributed by atoms with Crippen molar-refractivity contribution >= 4 is 28.8 Å². The van der Waals surface area contributed by atoms with Gasteiger partial charge in [-0.2, -0.15) is 4.52 Å². The van der Waals surface area contributed by atoms with Crippen LogP contribution in [0.15, 0.2) is 36.5 Å². The van der Waals surface area contributed by atoms with Crippen LogP contribution in [-0.2, 0) is 0 Å². The first kappa shape index (κ1) is 12.6. The quantitative estimate of drug-likeness (QED) is 0.785. The van der Waals surface area contributed by atoms with Crippen LogP contribution >= 0.6 is 11.6 Å². The molecule has 0 saturated heterocycles. The maximum absolute atomic E-state index is 12.2. The van der Waals surface area contributed by atoms with Gasteiger partial charge in [0.1, 0.15) is 0 Å². The van der Waals surface area contributed by atoms with Crippen LogP contribution in [-0.4, -0.2) is 25.9 Å². The van der Waals surface area contributed by atoms with Crippen molar-refractivity contribution in [1.29, 1.82) is 0 Å². The van der Waals surface area contributed by atoms with Gasteiger partial charge in [-0.3, -0.25) is 4.79 Å². The van der Waals surface area contributed by atoms with Crippen molar-refractivity contribution in [3.63, 3.8) is 0 Å². The topological polar surface area (TPSA) is 72.2 Å². The Morgan fingerprint density at radius 1 is 1.30 bits per heavy atom. The standard InChI is InChI=1S/C13H10ClN5O/c1-8-6-10(14)3-4-11(8)15-13(20)9-2-5-12-16-17-18-19(12)7-9/h2-7H,1H3,(H,15,20). The van der Waals surface area contributed by atoms with Crippen molar-refractivity contribution in [2.45, 2.75) is 6.92 Å². The zero-order valence-corrected chi connectivity index (χ0v) is 11.3. The van der Waals surface area contributed by atoms with Crippen molar-refractivity contribution < 1.29 is 4.79 Å². The molecule has 3 aromatic rings. The molecule has 0 fully saturated rings. The summed E-state index contributed by atoms with van der Waals surface area (Å²) >= 11 is 5.89. The van der Waals surface area contributed by atoms with Crippen molar-refractivity contribution in [1.82, 2.24) is 20.0 Å². The number of tetrazole rings is 1. The smallest absolute Gasteiger partial charge is 0.257 e. The van der Waals surface area contributed by atoms with Crippen molar-refractivity contribution in [2.75, 3.05) is 5.32 Å². The first-order valence-electron chi connectivity index (χ1n) is 5.89. The van der Waals surface area contributed by atoms with Crippen molar-refractivity contribution in [3.05, 3.63) is 52.7 Å². The highest BCUT2D eigenvalue weighted by atomic mass is 35.5. The van der Waals surface area contributed by atoms with Gasteiger partial charge in [0.2, 0.25) is 0 Å². The molecule has 7 heteroatoms. The monoisotopic (exact) mass is 287 g/mol. The molecule has 2 aromatic heterocycles. The number of anilines is 1. The van der Waals surface area contributed by atoms with E-state index in [1.165, 1.54) is 4.52 Å². The van der Waals surface area contributed by atoms with E-state index in [1.807, 2.05) is 6.92 Å². The number of aryl methyl sites for hydroxylation is 1. The maximum atomic E-state index is 12.2. The minimum absolute atomic E-state index is 0.229. The normalized spacial score (nSPS) is 10.7. The summed E-state index contributed by atoms with van der Waals surface area (Å²) < 4.78 is 1.45. The van der Waals surface area contributed by atoms with Gasteiger partial charge in [-0.1, -0.05) is 11.6 Å². The van der Waals surface area contributed by atoms with Gasteiger partial charge < -0.3 is 5.32 Å². The Kier molecular flexibility index (Phi) is 3.08. The summed E-state index contributed by atoms with van der Waals surface area (Å²) in [6.45, 7) is 1.88. The molecule has 0 radical (unpaired) electrons. The number of nitrogens with one attached hydrogen (secondary N) is 1. The number of aromatic nitrogens is 4. The third-order valence-electron chi connectivity index (χ3n) is 2.89. The number of hydrogen-bond donors (Lipinski definition) is 1. The van der Waals surface area contributed by atoms with Crippen molar-refractivity contribution in [2.24, 2.45) is 0 Å². The van der Waals surface area contributed by atoms with Crippen LogP contribution in [0.4, 0.5) is 5.69 Å². The first-order valence-corrected chi connectivity index (χ1v) is 6.26. The molecular formula is C13H10ClN5O. The Balaban J connectivity index is 1.88. The number of amides is 1. The SMILES string of the molecule is Cc1cc(Cl)ccc1NC(=O)c1ccc2nnnn2c1. The molecule has 100 valence electrons. The third-order valence-corrected chi connectivity index (χ3v) is 3.13. The van der Waals surface area contributed by atoms with E-state index >= 15 is 0 Å². The first-order chi connectivity index (χ1) is 9.63. The average molecular weight is 288 g/mol. The van der Waals surface area contributed by atoms with Gasteiger partial charge >= 0.3 is 0 Å². The highest BCUT2D eigenvalue weighted by molar-refractivity contribution is 6.30. The molecule has 2 heterocycles. The van der Waals surface area contributed by atoms with Crippen LogP contribution in [0.25, 0.3) is 5.65 Å².